The molecule has 0 atom stereocenters. The number of amides is 1. The number of thioether (sulfide) groups is 1. The minimum atomic E-state index is -0.654. The smallest absolute Gasteiger partial charge is 0.413 e. The molecule has 8 heteroatoms. The zero-order valence-corrected chi connectivity index (χ0v) is 14.1. The van der Waals surface area contributed by atoms with Gasteiger partial charge in [0.05, 0.1) is 0 Å². The fraction of sp³-hybridized carbons (Fsp3) is 0.333. The number of aromatic nitrogens is 3. The summed E-state index contributed by atoms with van der Waals surface area (Å²) in [6.45, 7) is 5.30. The third kappa shape index (κ3) is 4.02. The quantitative estimate of drug-likeness (QED) is 0.868. The van der Waals surface area contributed by atoms with Crippen LogP contribution in [0.4, 0.5) is 10.6 Å². The minimum Gasteiger partial charge on any atom is -0.444 e. The van der Waals surface area contributed by atoms with Gasteiger partial charge in [0.25, 0.3) is 0 Å². The van der Waals surface area contributed by atoms with Crippen LogP contribution in [0.3, 0.4) is 0 Å². The number of anilines is 1. The van der Waals surface area contributed by atoms with Crippen molar-refractivity contribution >= 4 is 23.7 Å². The number of nitriles is 1. The van der Waals surface area contributed by atoms with Crippen LogP contribution in [0.2, 0.25) is 0 Å². The third-order valence-corrected chi connectivity index (χ3v) is 3.32. The minimum absolute atomic E-state index is 0.241. The summed E-state index contributed by atoms with van der Waals surface area (Å²) in [5.74, 6) is 0.736. The van der Waals surface area contributed by atoms with Gasteiger partial charge in [-0.05, 0) is 39.2 Å². The Bertz CT molecular complexity index is 744. The second-order valence-corrected chi connectivity index (χ2v) is 6.37. The van der Waals surface area contributed by atoms with Crippen LogP contribution in [0.15, 0.2) is 29.4 Å². The Hall–Kier alpha value is -2.53. The molecule has 2 aromatic rings. The summed E-state index contributed by atoms with van der Waals surface area (Å²) in [7, 11) is 0. The summed E-state index contributed by atoms with van der Waals surface area (Å²) >= 11 is 1.32. The number of nitrogens with one attached hydrogen (secondary N) is 1. The Morgan fingerprint density at radius 1 is 1.43 bits per heavy atom. The lowest BCUT2D eigenvalue weighted by atomic mass is 10.2. The molecule has 7 nitrogen and oxygen atoms in total. The van der Waals surface area contributed by atoms with Gasteiger partial charge in [-0.25, -0.2) is 9.78 Å². The van der Waals surface area contributed by atoms with Crippen LogP contribution in [-0.2, 0) is 4.74 Å². The van der Waals surface area contributed by atoms with Crippen molar-refractivity contribution in [2.75, 3.05) is 11.6 Å². The predicted molar refractivity (Wildman–Crippen MR) is 87.7 cm³/mol. The Balaban J connectivity index is 2.46. The maximum atomic E-state index is 12.1. The Kier molecular flexibility index (Phi) is 4.91. The Morgan fingerprint density at radius 2 is 2.17 bits per heavy atom. The Morgan fingerprint density at radius 3 is 2.70 bits per heavy atom. The number of hydrogen-bond acceptors (Lipinski definition) is 6. The zero-order chi connectivity index (χ0) is 17.0. The number of nitrogens with zero attached hydrogens (tertiary/aromatic N) is 4. The lowest BCUT2D eigenvalue weighted by Crippen LogP contribution is -2.28. The molecule has 0 saturated heterocycles. The molecule has 1 amide bonds. The average Bonchev–Trinajstić information content (AvgIpc) is 2.83. The monoisotopic (exact) mass is 331 g/mol. The first-order valence-corrected chi connectivity index (χ1v) is 8.06. The normalized spacial score (nSPS) is 10.9. The van der Waals surface area contributed by atoms with Crippen molar-refractivity contribution in [3.05, 3.63) is 30.0 Å². The molecule has 0 spiro atoms. The highest BCUT2D eigenvalue weighted by atomic mass is 32.2. The van der Waals surface area contributed by atoms with E-state index in [1.54, 1.807) is 45.2 Å². The van der Waals surface area contributed by atoms with E-state index in [9.17, 15) is 10.1 Å². The number of carbonyl (C=O) groups excluding carboxylic acids is 1. The van der Waals surface area contributed by atoms with Crippen LogP contribution in [0.25, 0.3) is 5.82 Å². The number of hydrogen-bond donors (Lipinski definition) is 1. The number of pyridine rings is 1. The van der Waals surface area contributed by atoms with E-state index >= 15 is 0 Å². The number of ether oxygens (including phenoxy) is 1. The second kappa shape index (κ2) is 6.71. The molecule has 1 N–H and O–H groups in total. The predicted octanol–water partition coefficient (Wildman–Crippen LogP) is 3.21. The van der Waals surface area contributed by atoms with Crippen LogP contribution < -0.4 is 5.32 Å². The van der Waals surface area contributed by atoms with Gasteiger partial charge in [-0.2, -0.15) is 15.0 Å². The molecule has 0 saturated carbocycles. The van der Waals surface area contributed by atoms with Gasteiger partial charge in [0.1, 0.15) is 22.3 Å². The molecule has 0 bridgehead atoms. The molecular formula is C15H17N5O2S. The van der Waals surface area contributed by atoms with E-state index in [1.165, 1.54) is 16.4 Å². The lowest BCUT2D eigenvalue weighted by Gasteiger charge is -2.19. The molecule has 2 heterocycles. The molecule has 0 unspecified atom stereocenters. The third-order valence-electron chi connectivity index (χ3n) is 2.64. The van der Waals surface area contributed by atoms with Gasteiger partial charge in [0.15, 0.2) is 11.6 Å². The van der Waals surface area contributed by atoms with Crippen molar-refractivity contribution in [2.24, 2.45) is 0 Å². The zero-order valence-electron chi connectivity index (χ0n) is 13.3. The summed E-state index contributed by atoms with van der Waals surface area (Å²) < 4.78 is 6.67. The van der Waals surface area contributed by atoms with E-state index in [0.717, 1.165) is 0 Å². The molecule has 0 fully saturated rings. The Labute approximate surface area is 138 Å². The van der Waals surface area contributed by atoms with Crippen LogP contribution in [0, 0.1) is 11.3 Å². The van der Waals surface area contributed by atoms with Gasteiger partial charge in [-0.1, -0.05) is 6.07 Å². The van der Waals surface area contributed by atoms with Crippen molar-refractivity contribution in [3.63, 3.8) is 0 Å². The van der Waals surface area contributed by atoms with Crippen LogP contribution in [0.1, 0.15) is 26.3 Å². The summed E-state index contributed by atoms with van der Waals surface area (Å²) in [6.07, 6.45) is 2.76. The molecule has 0 aliphatic heterocycles. The van der Waals surface area contributed by atoms with Gasteiger partial charge in [-0.3, -0.25) is 5.32 Å². The van der Waals surface area contributed by atoms with E-state index in [0.29, 0.717) is 10.8 Å². The van der Waals surface area contributed by atoms with Crippen molar-refractivity contribution in [2.45, 2.75) is 31.4 Å². The molecule has 23 heavy (non-hydrogen) atoms. The largest absolute Gasteiger partial charge is 0.444 e. The summed E-state index contributed by atoms with van der Waals surface area (Å²) in [6, 6.07) is 7.38. The highest BCUT2D eigenvalue weighted by Gasteiger charge is 2.23. The summed E-state index contributed by atoms with van der Waals surface area (Å²) in [5.41, 5.74) is -0.372. The average molecular weight is 331 g/mol. The van der Waals surface area contributed by atoms with Crippen molar-refractivity contribution < 1.29 is 9.53 Å². The molecular weight excluding hydrogens is 314 g/mol. The standard InChI is InChI=1S/C15H17N5O2S/c1-15(2,3)22-14(21)18-12-10(9-16)13(23-4)19-20(12)11-7-5-6-8-17-11/h5-8H,1-4H3,(H,18,21). The topological polar surface area (TPSA) is 92.8 Å². The van der Waals surface area contributed by atoms with Crippen molar-refractivity contribution in [1.82, 2.24) is 14.8 Å². The molecule has 2 aromatic heterocycles. The van der Waals surface area contributed by atoms with E-state index in [-0.39, 0.29) is 11.4 Å². The first kappa shape index (κ1) is 16.8. The van der Waals surface area contributed by atoms with E-state index in [1.807, 2.05) is 6.26 Å². The molecule has 120 valence electrons. The number of carbonyl (C=O) groups is 1. The first-order chi connectivity index (χ1) is 10.9. The lowest BCUT2D eigenvalue weighted by molar-refractivity contribution is 0.0635. The van der Waals surface area contributed by atoms with Gasteiger partial charge >= 0.3 is 6.09 Å². The molecule has 0 aliphatic rings. The van der Waals surface area contributed by atoms with E-state index in [4.69, 9.17) is 4.74 Å². The van der Waals surface area contributed by atoms with E-state index in [2.05, 4.69) is 21.5 Å². The SMILES string of the molecule is CSc1nn(-c2ccccn2)c(NC(=O)OC(C)(C)C)c1C#N. The van der Waals surface area contributed by atoms with Crippen molar-refractivity contribution in [1.29, 1.82) is 5.26 Å². The fourth-order valence-corrected chi connectivity index (χ4v) is 2.31. The van der Waals surface area contributed by atoms with E-state index < -0.39 is 11.7 Å². The highest BCUT2D eigenvalue weighted by molar-refractivity contribution is 7.98. The van der Waals surface area contributed by atoms with Gasteiger partial charge < -0.3 is 4.74 Å². The van der Waals surface area contributed by atoms with Crippen LogP contribution >= 0.6 is 11.8 Å². The highest BCUT2D eigenvalue weighted by Crippen LogP contribution is 2.28. The molecule has 0 radical (unpaired) electrons. The van der Waals surface area contributed by atoms with Gasteiger partial charge in [0.2, 0.25) is 0 Å². The van der Waals surface area contributed by atoms with Crippen LogP contribution in [-0.4, -0.2) is 32.7 Å². The van der Waals surface area contributed by atoms with Crippen LogP contribution in [0.5, 0.6) is 0 Å². The molecule has 0 aliphatic carbocycles. The van der Waals surface area contributed by atoms with Gasteiger partial charge in [0, 0.05) is 6.20 Å². The summed E-state index contributed by atoms with van der Waals surface area (Å²) in [4.78, 5) is 16.3. The molecule has 2 rings (SSSR count). The maximum absolute atomic E-state index is 12.1. The van der Waals surface area contributed by atoms with Crippen molar-refractivity contribution in [3.8, 4) is 11.9 Å². The fourth-order valence-electron chi connectivity index (χ4n) is 1.80. The first-order valence-electron chi connectivity index (χ1n) is 6.84. The summed E-state index contributed by atoms with van der Waals surface area (Å²) in [5, 5.41) is 16.9. The van der Waals surface area contributed by atoms with Gasteiger partial charge in [-0.15, -0.1) is 11.8 Å². The molecule has 0 aromatic carbocycles. The maximum Gasteiger partial charge on any atom is 0.413 e. The number of rotatable bonds is 3. The second-order valence-electron chi connectivity index (χ2n) is 5.57.